The number of hydrogen-bond donors (Lipinski definition) is 2. The standard InChI is InChI=1S/C17H20N2O3/c1-2-17(22)6-9-19(10-7-17)12-3-4-15-14(11-12)13(16(20)21)5-8-18-15/h3-5,8,11,22H,2,6-7,9-10H2,1H3,(H,20,21). The fourth-order valence-corrected chi connectivity index (χ4v) is 3.05. The minimum Gasteiger partial charge on any atom is -0.478 e. The van der Waals surface area contributed by atoms with Crippen molar-refractivity contribution in [2.24, 2.45) is 0 Å². The van der Waals surface area contributed by atoms with Gasteiger partial charge in [0.05, 0.1) is 16.7 Å². The van der Waals surface area contributed by atoms with E-state index in [1.165, 1.54) is 12.3 Å². The fraction of sp³-hybridized carbons (Fsp3) is 0.412. The second kappa shape index (κ2) is 5.57. The van der Waals surface area contributed by atoms with Gasteiger partial charge in [-0.25, -0.2) is 4.79 Å². The first-order valence-corrected chi connectivity index (χ1v) is 7.62. The summed E-state index contributed by atoms with van der Waals surface area (Å²) in [5.74, 6) is -0.941. The summed E-state index contributed by atoms with van der Waals surface area (Å²) in [4.78, 5) is 17.8. The highest BCUT2D eigenvalue weighted by molar-refractivity contribution is 6.03. The maximum atomic E-state index is 11.4. The molecule has 116 valence electrons. The monoisotopic (exact) mass is 300 g/mol. The van der Waals surface area contributed by atoms with E-state index in [1.54, 1.807) is 0 Å². The molecule has 1 aliphatic rings. The van der Waals surface area contributed by atoms with Gasteiger partial charge in [0, 0.05) is 30.4 Å². The molecule has 1 fully saturated rings. The van der Waals surface area contributed by atoms with Crippen LogP contribution in [0.4, 0.5) is 5.69 Å². The van der Waals surface area contributed by atoms with Crippen molar-refractivity contribution in [2.75, 3.05) is 18.0 Å². The van der Waals surface area contributed by atoms with Crippen LogP contribution in [0.25, 0.3) is 10.9 Å². The van der Waals surface area contributed by atoms with Gasteiger partial charge >= 0.3 is 5.97 Å². The van der Waals surface area contributed by atoms with Crippen LogP contribution in [0.1, 0.15) is 36.5 Å². The predicted octanol–water partition coefficient (Wildman–Crippen LogP) is 2.67. The van der Waals surface area contributed by atoms with Crippen LogP contribution in [0.15, 0.2) is 30.5 Å². The first kappa shape index (κ1) is 14.8. The number of benzene rings is 1. The summed E-state index contributed by atoms with van der Waals surface area (Å²) in [6.07, 6.45) is 3.76. The number of nitrogens with zero attached hydrogens (tertiary/aromatic N) is 2. The minimum atomic E-state index is -0.941. The lowest BCUT2D eigenvalue weighted by Crippen LogP contribution is -2.44. The molecule has 3 rings (SSSR count). The van der Waals surface area contributed by atoms with E-state index in [-0.39, 0.29) is 5.56 Å². The average Bonchev–Trinajstić information content (AvgIpc) is 2.54. The van der Waals surface area contributed by atoms with Crippen molar-refractivity contribution >= 4 is 22.6 Å². The van der Waals surface area contributed by atoms with Crippen molar-refractivity contribution in [3.63, 3.8) is 0 Å². The van der Waals surface area contributed by atoms with Crippen LogP contribution in [0.2, 0.25) is 0 Å². The highest BCUT2D eigenvalue weighted by Crippen LogP contribution is 2.30. The molecule has 0 saturated carbocycles. The van der Waals surface area contributed by atoms with Gasteiger partial charge in [-0.3, -0.25) is 4.98 Å². The zero-order valence-corrected chi connectivity index (χ0v) is 12.6. The Morgan fingerprint density at radius 1 is 1.32 bits per heavy atom. The predicted molar refractivity (Wildman–Crippen MR) is 85.4 cm³/mol. The number of piperidine rings is 1. The molecule has 22 heavy (non-hydrogen) atoms. The molecule has 1 aliphatic heterocycles. The smallest absolute Gasteiger partial charge is 0.336 e. The van der Waals surface area contributed by atoms with Gasteiger partial charge in [0.25, 0.3) is 0 Å². The van der Waals surface area contributed by atoms with E-state index < -0.39 is 11.6 Å². The van der Waals surface area contributed by atoms with Crippen LogP contribution < -0.4 is 4.90 Å². The van der Waals surface area contributed by atoms with E-state index in [0.29, 0.717) is 10.9 Å². The lowest BCUT2D eigenvalue weighted by molar-refractivity contribution is 0.0126. The minimum absolute atomic E-state index is 0.272. The summed E-state index contributed by atoms with van der Waals surface area (Å²) in [5, 5.41) is 20.3. The van der Waals surface area contributed by atoms with Gasteiger partial charge in [0.2, 0.25) is 0 Å². The molecular formula is C17H20N2O3. The van der Waals surface area contributed by atoms with Gasteiger partial charge in [-0.1, -0.05) is 6.92 Å². The van der Waals surface area contributed by atoms with E-state index in [9.17, 15) is 15.0 Å². The van der Waals surface area contributed by atoms with Crippen LogP contribution in [0, 0.1) is 0 Å². The molecule has 1 saturated heterocycles. The molecule has 1 aromatic carbocycles. The fourth-order valence-electron chi connectivity index (χ4n) is 3.05. The van der Waals surface area contributed by atoms with Crippen molar-refractivity contribution in [2.45, 2.75) is 31.8 Å². The number of aromatic nitrogens is 1. The summed E-state index contributed by atoms with van der Waals surface area (Å²) < 4.78 is 0. The molecule has 0 atom stereocenters. The Bertz CT molecular complexity index is 706. The van der Waals surface area contributed by atoms with Crippen LogP contribution in [0.3, 0.4) is 0 Å². The van der Waals surface area contributed by atoms with E-state index in [4.69, 9.17) is 0 Å². The average molecular weight is 300 g/mol. The Kier molecular flexibility index (Phi) is 3.74. The summed E-state index contributed by atoms with van der Waals surface area (Å²) in [6, 6.07) is 7.25. The van der Waals surface area contributed by atoms with Crippen molar-refractivity contribution < 1.29 is 15.0 Å². The topological polar surface area (TPSA) is 73.7 Å². The summed E-state index contributed by atoms with van der Waals surface area (Å²) in [6.45, 7) is 3.56. The second-order valence-corrected chi connectivity index (χ2v) is 5.93. The molecule has 0 spiro atoms. The van der Waals surface area contributed by atoms with Crippen molar-refractivity contribution in [3.05, 3.63) is 36.0 Å². The van der Waals surface area contributed by atoms with Gasteiger partial charge in [-0.2, -0.15) is 0 Å². The molecule has 2 heterocycles. The molecule has 0 unspecified atom stereocenters. The number of carboxylic acids is 1. The number of hydrogen-bond acceptors (Lipinski definition) is 4. The highest BCUT2D eigenvalue weighted by atomic mass is 16.4. The lowest BCUT2D eigenvalue weighted by atomic mass is 9.89. The maximum Gasteiger partial charge on any atom is 0.336 e. The number of aromatic carboxylic acids is 1. The van der Waals surface area contributed by atoms with Gasteiger partial charge in [-0.05, 0) is 43.5 Å². The highest BCUT2D eigenvalue weighted by Gasteiger charge is 2.30. The number of aliphatic hydroxyl groups is 1. The van der Waals surface area contributed by atoms with Crippen LogP contribution in [0.5, 0.6) is 0 Å². The van der Waals surface area contributed by atoms with Gasteiger partial charge in [0.15, 0.2) is 0 Å². The first-order valence-electron chi connectivity index (χ1n) is 7.62. The largest absolute Gasteiger partial charge is 0.478 e. The van der Waals surface area contributed by atoms with E-state index in [0.717, 1.165) is 38.0 Å². The molecule has 5 nitrogen and oxygen atoms in total. The Labute approximate surface area is 129 Å². The summed E-state index contributed by atoms with van der Waals surface area (Å²) in [7, 11) is 0. The summed E-state index contributed by atoms with van der Waals surface area (Å²) >= 11 is 0. The van der Waals surface area contributed by atoms with Gasteiger partial charge in [0.1, 0.15) is 0 Å². The normalized spacial score (nSPS) is 17.6. The first-order chi connectivity index (χ1) is 10.5. The third-order valence-electron chi connectivity index (χ3n) is 4.67. The molecular weight excluding hydrogens is 280 g/mol. The number of fused-ring (bicyclic) bond motifs is 1. The Morgan fingerprint density at radius 3 is 2.68 bits per heavy atom. The summed E-state index contributed by atoms with van der Waals surface area (Å²) in [5.41, 5.74) is 1.39. The van der Waals surface area contributed by atoms with Gasteiger partial charge < -0.3 is 15.1 Å². The molecule has 0 bridgehead atoms. The maximum absolute atomic E-state index is 11.4. The van der Waals surface area contributed by atoms with Crippen molar-refractivity contribution in [1.29, 1.82) is 0 Å². The van der Waals surface area contributed by atoms with Gasteiger partial charge in [-0.15, -0.1) is 0 Å². The van der Waals surface area contributed by atoms with Crippen molar-refractivity contribution in [3.8, 4) is 0 Å². The van der Waals surface area contributed by atoms with E-state index >= 15 is 0 Å². The zero-order chi connectivity index (χ0) is 15.7. The molecule has 5 heteroatoms. The molecule has 2 N–H and O–H groups in total. The number of anilines is 1. The zero-order valence-electron chi connectivity index (χ0n) is 12.6. The van der Waals surface area contributed by atoms with Crippen LogP contribution in [-0.2, 0) is 0 Å². The van der Waals surface area contributed by atoms with Crippen LogP contribution in [-0.4, -0.2) is 39.9 Å². The number of pyridine rings is 1. The van der Waals surface area contributed by atoms with E-state index in [2.05, 4.69) is 9.88 Å². The Balaban J connectivity index is 1.93. The SMILES string of the molecule is CCC1(O)CCN(c2ccc3nccc(C(=O)O)c3c2)CC1. The third-order valence-corrected chi connectivity index (χ3v) is 4.67. The Hall–Kier alpha value is -2.14. The second-order valence-electron chi connectivity index (χ2n) is 5.93. The molecule has 0 radical (unpaired) electrons. The number of carboxylic acid groups (broad SMARTS) is 1. The molecule has 2 aromatic rings. The third kappa shape index (κ3) is 2.64. The van der Waals surface area contributed by atoms with Crippen molar-refractivity contribution in [1.82, 2.24) is 4.98 Å². The Morgan fingerprint density at radius 2 is 2.05 bits per heavy atom. The lowest BCUT2D eigenvalue weighted by Gasteiger charge is -2.39. The molecule has 1 aromatic heterocycles. The molecule has 0 aliphatic carbocycles. The van der Waals surface area contributed by atoms with E-state index in [1.807, 2.05) is 25.1 Å². The number of carbonyl (C=O) groups is 1. The quantitative estimate of drug-likeness (QED) is 0.911. The van der Waals surface area contributed by atoms with Crippen LogP contribution >= 0.6 is 0 Å². The molecule has 0 amide bonds. The number of rotatable bonds is 3.